The maximum Gasteiger partial charge on any atom is 0.219 e. The third kappa shape index (κ3) is 5.42. The molecule has 0 unspecified atom stereocenters. The standard InChI is InChI=1S/C22H20Cl2N2O5/c1-3-30-26-12(2)22(29)21-17(27)9-13(10-18(21)28)16-5-4-6-20(25-16)31-19-8-7-14(23)11-15(19)24/h4-8,11,13,29H,3,9-10H2,1-2H3. The molecule has 1 N–H and O–H groups in total. The van der Waals surface area contributed by atoms with Crippen LogP contribution in [-0.2, 0) is 14.4 Å². The number of nitrogens with zero attached hydrogens (tertiary/aromatic N) is 2. The topological polar surface area (TPSA) is 98.1 Å². The van der Waals surface area contributed by atoms with Gasteiger partial charge >= 0.3 is 0 Å². The number of hydrogen-bond donors (Lipinski definition) is 1. The Labute approximate surface area is 189 Å². The highest BCUT2D eigenvalue weighted by Crippen LogP contribution is 2.34. The number of ketones is 2. The van der Waals surface area contributed by atoms with E-state index in [1.807, 2.05) is 0 Å². The van der Waals surface area contributed by atoms with Crippen LogP contribution in [0.5, 0.6) is 11.6 Å². The number of carbonyl (C=O) groups excluding carboxylic acids is 2. The number of pyridine rings is 1. The van der Waals surface area contributed by atoms with Gasteiger partial charge in [0.2, 0.25) is 5.88 Å². The number of hydrogen-bond acceptors (Lipinski definition) is 7. The van der Waals surface area contributed by atoms with Crippen molar-refractivity contribution >= 4 is 40.5 Å². The van der Waals surface area contributed by atoms with Crippen LogP contribution in [0.1, 0.15) is 38.3 Å². The number of benzene rings is 1. The summed E-state index contributed by atoms with van der Waals surface area (Å²) in [5.74, 6) is -1.19. The Morgan fingerprint density at radius 3 is 2.55 bits per heavy atom. The van der Waals surface area contributed by atoms with E-state index in [0.717, 1.165) is 0 Å². The maximum atomic E-state index is 12.6. The van der Waals surface area contributed by atoms with Gasteiger partial charge in [-0.05, 0) is 38.1 Å². The second kappa shape index (κ2) is 9.94. The van der Waals surface area contributed by atoms with Crippen molar-refractivity contribution in [2.75, 3.05) is 6.61 Å². The number of oxime groups is 1. The summed E-state index contributed by atoms with van der Waals surface area (Å²) in [7, 11) is 0. The van der Waals surface area contributed by atoms with Crippen molar-refractivity contribution in [2.24, 2.45) is 5.16 Å². The second-order valence-electron chi connectivity index (χ2n) is 6.85. The Bertz CT molecular complexity index is 1060. The lowest BCUT2D eigenvalue weighted by Gasteiger charge is -2.22. The minimum absolute atomic E-state index is 0.0191. The predicted octanol–water partition coefficient (Wildman–Crippen LogP) is 5.42. The van der Waals surface area contributed by atoms with Crippen molar-refractivity contribution in [1.82, 2.24) is 4.98 Å². The first kappa shape index (κ1) is 22.8. The molecule has 1 aromatic carbocycles. The van der Waals surface area contributed by atoms with Crippen LogP contribution in [0.15, 0.2) is 52.9 Å². The minimum Gasteiger partial charge on any atom is -0.505 e. The molecular formula is C22H20Cl2N2O5. The lowest BCUT2D eigenvalue weighted by Crippen LogP contribution is -2.28. The summed E-state index contributed by atoms with van der Waals surface area (Å²) in [5, 5.41) is 14.8. The van der Waals surface area contributed by atoms with Crippen LogP contribution in [0.2, 0.25) is 10.0 Å². The third-order valence-corrected chi connectivity index (χ3v) is 5.13. The van der Waals surface area contributed by atoms with E-state index in [-0.39, 0.29) is 30.0 Å². The summed E-state index contributed by atoms with van der Waals surface area (Å²) in [6.45, 7) is 3.50. The molecule has 0 saturated heterocycles. The molecule has 0 bridgehead atoms. The molecule has 31 heavy (non-hydrogen) atoms. The summed E-state index contributed by atoms with van der Waals surface area (Å²) in [6.07, 6.45) is 0.0381. The highest BCUT2D eigenvalue weighted by atomic mass is 35.5. The van der Waals surface area contributed by atoms with Gasteiger partial charge in [0, 0.05) is 35.5 Å². The van der Waals surface area contributed by atoms with Crippen LogP contribution >= 0.6 is 23.2 Å². The van der Waals surface area contributed by atoms with Crippen LogP contribution in [0.4, 0.5) is 0 Å². The summed E-state index contributed by atoms with van der Waals surface area (Å²) in [4.78, 5) is 34.6. The zero-order chi connectivity index (χ0) is 22.5. The molecule has 0 spiro atoms. The number of allylic oxidation sites excluding steroid dienone is 2. The van der Waals surface area contributed by atoms with Crippen molar-refractivity contribution in [3.8, 4) is 11.6 Å². The molecule has 0 atom stereocenters. The highest BCUT2D eigenvalue weighted by Gasteiger charge is 2.35. The summed E-state index contributed by atoms with van der Waals surface area (Å²) in [6, 6.07) is 9.90. The van der Waals surface area contributed by atoms with Gasteiger partial charge in [0.05, 0.1) is 5.02 Å². The SMILES string of the molecule is CCON=C(C)C(O)=C1C(=O)CC(c2cccc(Oc3ccc(Cl)cc3Cl)n2)CC1=O. The van der Waals surface area contributed by atoms with E-state index < -0.39 is 23.2 Å². The number of rotatable bonds is 6. The lowest BCUT2D eigenvalue weighted by molar-refractivity contribution is -0.124. The van der Waals surface area contributed by atoms with Gasteiger partial charge in [0.1, 0.15) is 23.6 Å². The molecular weight excluding hydrogens is 443 g/mol. The average Bonchev–Trinajstić information content (AvgIpc) is 2.73. The number of aliphatic hydroxyl groups excluding tert-OH is 1. The quantitative estimate of drug-likeness (QED) is 0.202. The molecule has 1 fully saturated rings. The number of aliphatic hydroxyl groups is 1. The number of aromatic nitrogens is 1. The zero-order valence-corrected chi connectivity index (χ0v) is 18.4. The van der Waals surface area contributed by atoms with Crippen molar-refractivity contribution < 1.29 is 24.3 Å². The molecule has 0 amide bonds. The van der Waals surface area contributed by atoms with Crippen LogP contribution in [-0.4, -0.2) is 34.0 Å². The van der Waals surface area contributed by atoms with Crippen molar-refractivity contribution in [3.05, 3.63) is 63.5 Å². The molecule has 1 aliphatic rings. The molecule has 162 valence electrons. The fraction of sp³-hybridized carbons (Fsp3) is 0.273. The molecule has 1 heterocycles. The molecule has 0 aliphatic heterocycles. The first-order valence-corrected chi connectivity index (χ1v) is 10.3. The van der Waals surface area contributed by atoms with Crippen LogP contribution in [0.3, 0.4) is 0 Å². The van der Waals surface area contributed by atoms with E-state index in [1.165, 1.54) is 6.92 Å². The Morgan fingerprint density at radius 2 is 1.90 bits per heavy atom. The summed E-state index contributed by atoms with van der Waals surface area (Å²) in [5.41, 5.74) is 0.352. The summed E-state index contributed by atoms with van der Waals surface area (Å²) < 4.78 is 5.73. The van der Waals surface area contributed by atoms with Crippen molar-refractivity contribution in [2.45, 2.75) is 32.6 Å². The van der Waals surface area contributed by atoms with E-state index in [2.05, 4.69) is 10.1 Å². The Hall–Kier alpha value is -2.90. The number of ether oxygens (including phenoxy) is 1. The molecule has 7 nitrogen and oxygen atoms in total. The van der Waals surface area contributed by atoms with Gasteiger partial charge in [0.15, 0.2) is 17.3 Å². The van der Waals surface area contributed by atoms with Crippen LogP contribution in [0.25, 0.3) is 0 Å². The second-order valence-corrected chi connectivity index (χ2v) is 7.69. The zero-order valence-electron chi connectivity index (χ0n) is 16.9. The Balaban J connectivity index is 1.80. The van der Waals surface area contributed by atoms with Gasteiger partial charge in [0.25, 0.3) is 0 Å². The van der Waals surface area contributed by atoms with E-state index in [1.54, 1.807) is 43.3 Å². The van der Waals surface area contributed by atoms with E-state index in [0.29, 0.717) is 28.1 Å². The van der Waals surface area contributed by atoms with Gasteiger partial charge in [-0.15, -0.1) is 0 Å². The minimum atomic E-state index is -0.473. The molecule has 0 radical (unpaired) electrons. The molecule has 2 aromatic rings. The largest absolute Gasteiger partial charge is 0.505 e. The number of halogens is 2. The van der Waals surface area contributed by atoms with Gasteiger partial charge in [-0.2, -0.15) is 0 Å². The van der Waals surface area contributed by atoms with Crippen LogP contribution in [0, 0.1) is 0 Å². The van der Waals surface area contributed by atoms with E-state index in [4.69, 9.17) is 32.8 Å². The fourth-order valence-electron chi connectivity index (χ4n) is 3.12. The Morgan fingerprint density at radius 1 is 1.19 bits per heavy atom. The van der Waals surface area contributed by atoms with Gasteiger partial charge in [-0.25, -0.2) is 4.98 Å². The van der Waals surface area contributed by atoms with Crippen LogP contribution < -0.4 is 4.74 Å². The first-order valence-electron chi connectivity index (χ1n) is 9.56. The summed E-state index contributed by atoms with van der Waals surface area (Å²) >= 11 is 12.0. The number of carbonyl (C=O) groups is 2. The first-order chi connectivity index (χ1) is 14.8. The average molecular weight is 463 g/mol. The molecule has 1 aliphatic carbocycles. The van der Waals surface area contributed by atoms with Gasteiger partial charge < -0.3 is 14.7 Å². The molecule has 1 saturated carbocycles. The third-order valence-electron chi connectivity index (χ3n) is 4.60. The molecule has 1 aromatic heterocycles. The molecule has 3 rings (SSSR count). The van der Waals surface area contributed by atoms with E-state index >= 15 is 0 Å². The monoisotopic (exact) mass is 462 g/mol. The molecule has 9 heteroatoms. The van der Waals surface area contributed by atoms with E-state index in [9.17, 15) is 14.7 Å². The van der Waals surface area contributed by atoms with Crippen molar-refractivity contribution in [3.63, 3.8) is 0 Å². The lowest BCUT2D eigenvalue weighted by atomic mass is 9.81. The highest BCUT2D eigenvalue weighted by molar-refractivity contribution is 6.35. The normalized spacial score (nSPS) is 17.0. The Kier molecular flexibility index (Phi) is 7.30. The van der Waals surface area contributed by atoms with Gasteiger partial charge in [-0.1, -0.05) is 34.4 Å². The maximum absolute atomic E-state index is 12.6. The predicted molar refractivity (Wildman–Crippen MR) is 117 cm³/mol. The van der Waals surface area contributed by atoms with Gasteiger partial charge in [-0.3, -0.25) is 9.59 Å². The fourth-order valence-corrected chi connectivity index (χ4v) is 3.57. The smallest absolute Gasteiger partial charge is 0.219 e. The number of Topliss-reactive ketones (excluding diaryl/α,β-unsaturated/α-hetero) is 2. The van der Waals surface area contributed by atoms with Crippen molar-refractivity contribution in [1.29, 1.82) is 0 Å².